The average molecular weight is 719 g/mol. The Labute approximate surface area is 303 Å². The second-order valence-corrected chi connectivity index (χ2v) is 13.4. The van der Waals surface area contributed by atoms with E-state index in [1.807, 2.05) is 0 Å². The standard InChI is InChI=1S/C41H67O8P/c1-3-5-7-9-11-13-15-17-18-19-20-21-22-24-26-28-30-32-34-36-41(43)49-39(38-48-50(44,45)46)37-47-40(42)35-33-31-29-27-25-23-16-14-12-10-8-6-4-2/h5,7-8,10-11,13-14,16-18,20-21,24,26,39H,3-4,6,9,12,15,19,22-23,25,27-38H2,1-2H3,(H2,44,45,46)/b7-5-,10-8-,13-11-,16-14-,18-17-,21-20-,26-24-. The molecule has 284 valence electrons. The topological polar surface area (TPSA) is 119 Å². The molecule has 0 rings (SSSR count). The van der Waals surface area contributed by atoms with E-state index in [4.69, 9.17) is 19.3 Å². The van der Waals surface area contributed by atoms with Crippen LogP contribution in [0.2, 0.25) is 0 Å². The van der Waals surface area contributed by atoms with Gasteiger partial charge in [0.15, 0.2) is 6.10 Å². The van der Waals surface area contributed by atoms with Gasteiger partial charge in [-0.15, -0.1) is 0 Å². The maximum atomic E-state index is 12.4. The van der Waals surface area contributed by atoms with Crippen LogP contribution in [0.3, 0.4) is 0 Å². The number of ether oxygens (including phenoxy) is 2. The number of rotatable bonds is 33. The number of carbonyl (C=O) groups is 2. The molecule has 0 aromatic heterocycles. The maximum absolute atomic E-state index is 12.4. The highest BCUT2D eigenvalue weighted by Gasteiger charge is 2.22. The highest BCUT2D eigenvalue weighted by atomic mass is 31.2. The summed E-state index contributed by atoms with van der Waals surface area (Å²) < 4.78 is 26.3. The summed E-state index contributed by atoms with van der Waals surface area (Å²) in [4.78, 5) is 42.7. The fraction of sp³-hybridized carbons (Fsp3) is 0.610. The SMILES string of the molecule is CC/C=C\C/C=C\C/C=C\C/C=C\C/C=C\CCCCCC(=O)OC(COC(=O)CCCCCCC/C=C\C/C=C\CCC)COP(=O)(O)O. The molecule has 0 fully saturated rings. The molecule has 0 heterocycles. The lowest BCUT2D eigenvalue weighted by atomic mass is 10.1. The van der Waals surface area contributed by atoms with E-state index in [0.717, 1.165) is 96.3 Å². The fourth-order valence-electron chi connectivity index (χ4n) is 4.61. The van der Waals surface area contributed by atoms with Crippen molar-refractivity contribution < 1.29 is 37.9 Å². The van der Waals surface area contributed by atoms with Crippen LogP contribution in [0.25, 0.3) is 0 Å². The van der Waals surface area contributed by atoms with Gasteiger partial charge in [0.25, 0.3) is 0 Å². The molecule has 0 aromatic rings. The third-order valence-electron chi connectivity index (χ3n) is 7.38. The minimum atomic E-state index is -4.77. The molecule has 0 amide bonds. The van der Waals surface area contributed by atoms with Crippen molar-refractivity contribution in [2.24, 2.45) is 0 Å². The van der Waals surface area contributed by atoms with Crippen LogP contribution in [-0.4, -0.2) is 41.0 Å². The largest absolute Gasteiger partial charge is 0.469 e. The zero-order chi connectivity index (χ0) is 36.8. The molecule has 0 bridgehead atoms. The highest BCUT2D eigenvalue weighted by molar-refractivity contribution is 7.46. The van der Waals surface area contributed by atoms with E-state index in [0.29, 0.717) is 12.8 Å². The summed E-state index contributed by atoms with van der Waals surface area (Å²) in [5, 5.41) is 0. The normalized spacial score (nSPS) is 13.4. The van der Waals surface area contributed by atoms with E-state index in [-0.39, 0.29) is 19.4 Å². The highest BCUT2D eigenvalue weighted by Crippen LogP contribution is 2.35. The zero-order valence-electron chi connectivity index (χ0n) is 31.0. The van der Waals surface area contributed by atoms with E-state index in [9.17, 15) is 14.2 Å². The lowest BCUT2D eigenvalue weighted by Gasteiger charge is -2.18. The Morgan fingerprint density at radius 2 is 0.960 bits per heavy atom. The number of phosphoric ester groups is 1. The first-order valence-corrected chi connectivity index (χ1v) is 20.4. The van der Waals surface area contributed by atoms with E-state index >= 15 is 0 Å². The second-order valence-electron chi connectivity index (χ2n) is 12.2. The molecular weight excluding hydrogens is 651 g/mol. The summed E-state index contributed by atoms with van der Waals surface area (Å²) in [6.45, 7) is 3.44. The van der Waals surface area contributed by atoms with Gasteiger partial charge in [-0.2, -0.15) is 0 Å². The summed E-state index contributed by atoms with van der Waals surface area (Å²) in [5.41, 5.74) is 0. The van der Waals surface area contributed by atoms with Crippen LogP contribution in [0.5, 0.6) is 0 Å². The van der Waals surface area contributed by atoms with Crippen molar-refractivity contribution in [2.75, 3.05) is 13.2 Å². The molecule has 8 nitrogen and oxygen atoms in total. The van der Waals surface area contributed by atoms with Crippen molar-refractivity contribution in [1.82, 2.24) is 0 Å². The minimum absolute atomic E-state index is 0.165. The number of esters is 2. The van der Waals surface area contributed by atoms with Crippen molar-refractivity contribution in [3.8, 4) is 0 Å². The Balaban J connectivity index is 4.09. The van der Waals surface area contributed by atoms with Gasteiger partial charge in [0, 0.05) is 12.8 Å². The van der Waals surface area contributed by atoms with E-state index in [2.05, 4.69) is 103 Å². The smallest absolute Gasteiger partial charge is 0.462 e. The third kappa shape index (κ3) is 38.0. The van der Waals surface area contributed by atoms with Crippen LogP contribution < -0.4 is 0 Å². The molecule has 0 radical (unpaired) electrons. The molecule has 50 heavy (non-hydrogen) atoms. The third-order valence-corrected chi connectivity index (χ3v) is 7.86. The van der Waals surface area contributed by atoms with E-state index < -0.39 is 32.5 Å². The van der Waals surface area contributed by atoms with Gasteiger partial charge >= 0.3 is 19.8 Å². The Kier molecular flexibility index (Phi) is 34.0. The Morgan fingerprint density at radius 3 is 1.46 bits per heavy atom. The van der Waals surface area contributed by atoms with Crippen molar-refractivity contribution in [1.29, 1.82) is 0 Å². The van der Waals surface area contributed by atoms with Gasteiger partial charge in [-0.1, -0.05) is 131 Å². The molecule has 9 heteroatoms. The van der Waals surface area contributed by atoms with Crippen molar-refractivity contribution in [3.05, 3.63) is 85.1 Å². The number of hydrogen-bond donors (Lipinski definition) is 2. The van der Waals surface area contributed by atoms with Gasteiger partial charge in [-0.05, 0) is 83.5 Å². The quantitative estimate of drug-likeness (QED) is 0.0298. The predicted octanol–water partition coefficient (Wildman–Crippen LogP) is 11.3. The van der Waals surface area contributed by atoms with Crippen LogP contribution in [0.4, 0.5) is 0 Å². The minimum Gasteiger partial charge on any atom is -0.462 e. The Hall–Kier alpha value is -2.77. The number of unbranched alkanes of at least 4 members (excludes halogenated alkanes) is 9. The van der Waals surface area contributed by atoms with Crippen molar-refractivity contribution in [3.63, 3.8) is 0 Å². The number of carbonyl (C=O) groups excluding carboxylic acids is 2. The fourth-order valence-corrected chi connectivity index (χ4v) is 4.97. The zero-order valence-corrected chi connectivity index (χ0v) is 31.9. The van der Waals surface area contributed by atoms with Crippen LogP contribution in [-0.2, 0) is 28.2 Å². The predicted molar refractivity (Wildman–Crippen MR) is 207 cm³/mol. The Bertz CT molecular complexity index is 1080. The first-order valence-electron chi connectivity index (χ1n) is 18.9. The van der Waals surface area contributed by atoms with E-state index in [1.54, 1.807) is 0 Å². The molecule has 0 saturated carbocycles. The van der Waals surface area contributed by atoms with Crippen LogP contribution >= 0.6 is 7.82 Å². The monoisotopic (exact) mass is 718 g/mol. The molecular formula is C41H67O8P. The Morgan fingerprint density at radius 1 is 0.540 bits per heavy atom. The molecule has 2 N–H and O–H groups in total. The van der Waals surface area contributed by atoms with E-state index in [1.165, 1.54) is 6.42 Å². The van der Waals surface area contributed by atoms with Crippen LogP contribution in [0.15, 0.2) is 85.1 Å². The van der Waals surface area contributed by atoms with Gasteiger partial charge in [0.2, 0.25) is 0 Å². The lowest BCUT2D eigenvalue weighted by molar-refractivity contribution is -0.161. The van der Waals surface area contributed by atoms with Gasteiger partial charge in [-0.25, -0.2) is 4.57 Å². The van der Waals surface area contributed by atoms with Gasteiger partial charge < -0.3 is 19.3 Å². The first-order chi connectivity index (χ1) is 24.3. The van der Waals surface area contributed by atoms with Gasteiger partial charge in [0.1, 0.15) is 6.61 Å². The molecule has 0 aliphatic heterocycles. The summed E-state index contributed by atoms with van der Waals surface area (Å²) in [6.07, 6.45) is 47.3. The molecule has 0 spiro atoms. The summed E-state index contributed by atoms with van der Waals surface area (Å²) in [7, 11) is -4.77. The summed E-state index contributed by atoms with van der Waals surface area (Å²) >= 11 is 0. The molecule has 1 unspecified atom stereocenters. The number of phosphoric acid groups is 1. The van der Waals surface area contributed by atoms with Crippen LogP contribution in [0.1, 0.15) is 142 Å². The van der Waals surface area contributed by atoms with Crippen molar-refractivity contribution >= 4 is 19.8 Å². The van der Waals surface area contributed by atoms with Gasteiger partial charge in [0.05, 0.1) is 6.61 Å². The molecule has 1 atom stereocenters. The van der Waals surface area contributed by atoms with Crippen molar-refractivity contribution in [2.45, 2.75) is 148 Å². The number of allylic oxidation sites excluding steroid dienone is 14. The second kappa shape index (κ2) is 36.0. The lowest BCUT2D eigenvalue weighted by Crippen LogP contribution is -2.29. The average Bonchev–Trinajstić information content (AvgIpc) is 3.08. The molecule has 0 aliphatic rings. The maximum Gasteiger partial charge on any atom is 0.469 e. The number of hydrogen-bond acceptors (Lipinski definition) is 6. The van der Waals surface area contributed by atoms with Crippen LogP contribution in [0, 0.1) is 0 Å². The summed E-state index contributed by atoms with van der Waals surface area (Å²) in [5.74, 6) is -0.950. The molecule has 0 saturated heterocycles. The molecule has 0 aromatic carbocycles. The molecule has 0 aliphatic carbocycles. The first kappa shape index (κ1) is 47.2. The summed E-state index contributed by atoms with van der Waals surface area (Å²) in [6, 6.07) is 0. The van der Waals surface area contributed by atoms with Gasteiger partial charge in [-0.3, -0.25) is 14.1 Å².